The third-order valence-electron chi connectivity index (χ3n) is 2.75. The summed E-state index contributed by atoms with van der Waals surface area (Å²) in [6.45, 7) is 3.73. The lowest BCUT2D eigenvalue weighted by Gasteiger charge is -2.07. The van der Waals surface area contributed by atoms with Crippen LogP contribution < -0.4 is 5.32 Å². The van der Waals surface area contributed by atoms with Crippen LogP contribution >= 0.6 is 15.9 Å². The summed E-state index contributed by atoms with van der Waals surface area (Å²) in [6.07, 6.45) is 0. The molecule has 0 aliphatic heterocycles. The molecule has 0 fully saturated rings. The Morgan fingerprint density at radius 2 is 1.78 bits per heavy atom. The van der Waals surface area contributed by atoms with Gasteiger partial charge in [0.1, 0.15) is 5.75 Å². The van der Waals surface area contributed by atoms with Crippen molar-refractivity contribution >= 4 is 15.9 Å². The van der Waals surface area contributed by atoms with E-state index in [2.05, 4.69) is 52.4 Å². The maximum Gasteiger partial charge on any atom is 0.129 e. The molecule has 0 heterocycles. The summed E-state index contributed by atoms with van der Waals surface area (Å²) >= 11 is 3.31. The fourth-order valence-electron chi connectivity index (χ4n) is 1.83. The van der Waals surface area contributed by atoms with Crippen LogP contribution in [0.3, 0.4) is 0 Å². The number of nitrogens with one attached hydrogen (secondary N) is 1. The number of aryl methyl sites for hydroxylation is 1. The maximum absolute atomic E-state index is 9.41. The van der Waals surface area contributed by atoms with Gasteiger partial charge in [-0.3, -0.25) is 0 Å². The smallest absolute Gasteiger partial charge is 0.129 e. The zero-order chi connectivity index (χ0) is 13.0. The Hall–Kier alpha value is -1.32. The third kappa shape index (κ3) is 3.59. The van der Waals surface area contributed by atoms with Gasteiger partial charge in [-0.05, 0) is 46.1 Å². The van der Waals surface area contributed by atoms with E-state index in [9.17, 15) is 5.11 Å². The molecule has 2 rings (SSSR count). The zero-order valence-corrected chi connectivity index (χ0v) is 11.9. The van der Waals surface area contributed by atoms with Gasteiger partial charge in [0.25, 0.3) is 0 Å². The molecule has 0 aliphatic rings. The van der Waals surface area contributed by atoms with Gasteiger partial charge in [0.2, 0.25) is 0 Å². The summed E-state index contributed by atoms with van der Waals surface area (Å²) in [7, 11) is 0. The molecular formula is C15H16BrNO. The van der Waals surface area contributed by atoms with E-state index in [1.54, 1.807) is 6.07 Å². The first-order valence-corrected chi connectivity index (χ1v) is 6.68. The van der Waals surface area contributed by atoms with E-state index in [4.69, 9.17) is 0 Å². The molecule has 0 spiro atoms. The monoisotopic (exact) mass is 305 g/mol. The first kappa shape index (κ1) is 13.1. The van der Waals surface area contributed by atoms with Gasteiger partial charge in [0.05, 0.1) is 4.47 Å². The Kier molecular flexibility index (Phi) is 4.39. The van der Waals surface area contributed by atoms with Crippen molar-refractivity contribution in [2.75, 3.05) is 0 Å². The average molecular weight is 306 g/mol. The highest BCUT2D eigenvalue weighted by atomic mass is 79.9. The summed E-state index contributed by atoms with van der Waals surface area (Å²) in [5.74, 6) is 0.275. The Labute approximate surface area is 116 Å². The van der Waals surface area contributed by atoms with Crippen molar-refractivity contribution in [2.24, 2.45) is 0 Å². The van der Waals surface area contributed by atoms with E-state index < -0.39 is 0 Å². The quantitative estimate of drug-likeness (QED) is 0.901. The lowest BCUT2D eigenvalue weighted by molar-refractivity contribution is 0.471. The topological polar surface area (TPSA) is 32.3 Å². The highest BCUT2D eigenvalue weighted by molar-refractivity contribution is 9.10. The molecular weight excluding hydrogens is 290 g/mol. The minimum atomic E-state index is 0.275. The van der Waals surface area contributed by atoms with Crippen LogP contribution in [0.25, 0.3) is 0 Å². The lowest BCUT2D eigenvalue weighted by Crippen LogP contribution is -2.12. The predicted octanol–water partition coefficient (Wildman–Crippen LogP) is 3.75. The Morgan fingerprint density at radius 1 is 1.06 bits per heavy atom. The summed E-state index contributed by atoms with van der Waals surface area (Å²) in [5.41, 5.74) is 3.71. The van der Waals surface area contributed by atoms with Crippen molar-refractivity contribution in [3.8, 4) is 5.75 Å². The minimum absolute atomic E-state index is 0.275. The van der Waals surface area contributed by atoms with Gasteiger partial charge >= 0.3 is 0 Å². The van der Waals surface area contributed by atoms with Crippen LogP contribution in [0.5, 0.6) is 5.75 Å². The molecule has 0 aliphatic carbocycles. The molecule has 0 unspecified atom stereocenters. The zero-order valence-electron chi connectivity index (χ0n) is 10.3. The molecule has 0 amide bonds. The summed E-state index contributed by atoms with van der Waals surface area (Å²) in [5, 5.41) is 12.8. The highest BCUT2D eigenvalue weighted by Gasteiger charge is 1.99. The fourth-order valence-corrected chi connectivity index (χ4v) is 2.26. The first-order chi connectivity index (χ1) is 8.65. The fraction of sp³-hybridized carbons (Fsp3) is 0.200. The maximum atomic E-state index is 9.41. The first-order valence-electron chi connectivity index (χ1n) is 5.89. The van der Waals surface area contributed by atoms with E-state index in [0.29, 0.717) is 0 Å². The van der Waals surface area contributed by atoms with Gasteiger partial charge in [-0.25, -0.2) is 0 Å². The third-order valence-corrected chi connectivity index (χ3v) is 3.39. The van der Waals surface area contributed by atoms with Crippen LogP contribution in [0, 0.1) is 6.92 Å². The highest BCUT2D eigenvalue weighted by Crippen LogP contribution is 2.24. The van der Waals surface area contributed by atoms with Crippen LogP contribution in [-0.4, -0.2) is 5.11 Å². The molecule has 0 radical (unpaired) electrons. The lowest BCUT2D eigenvalue weighted by atomic mass is 10.1. The van der Waals surface area contributed by atoms with Gasteiger partial charge in [-0.2, -0.15) is 0 Å². The number of benzene rings is 2. The Morgan fingerprint density at radius 3 is 2.44 bits per heavy atom. The van der Waals surface area contributed by atoms with Crippen LogP contribution in [0.15, 0.2) is 46.9 Å². The van der Waals surface area contributed by atoms with Crippen molar-refractivity contribution in [1.82, 2.24) is 5.32 Å². The largest absolute Gasteiger partial charge is 0.507 e. The number of hydrogen-bond donors (Lipinski definition) is 2. The second-order valence-electron chi connectivity index (χ2n) is 4.38. The number of hydrogen-bond acceptors (Lipinski definition) is 2. The van der Waals surface area contributed by atoms with E-state index in [0.717, 1.165) is 23.1 Å². The molecule has 2 aromatic rings. The molecule has 94 valence electrons. The predicted molar refractivity (Wildman–Crippen MR) is 77.5 cm³/mol. The molecule has 18 heavy (non-hydrogen) atoms. The van der Waals surface area contributed by atoms with Crippen molar-refractivity contribution in [1.29, 1.82) is 0 Å². The standard InChI is InChI=1S/C15H16BrNO/c1-11-3-2-4-12(7-11)9-17-10-13-5-6-15(18)14(16)8-13/h2-8,17-18H,9-10H2,1H3. The molecule has 3 heteroatoms. The SMILES string of the molecule is Cc1cccc(CNCc2ccc(O)c(Br)c2)c1. The average Bonchev–Trinajstić information content (AvgIpc) is 2.34. The Bertz CT molecular complexity index is 540. The van der Waals surface area contributed by atoms with Crippen molar-refractivity contribution in [3.05, 3.63) is 63.6 Å². The van der Waals surface area contributed by atoms with Gasteiger partial charge in [0.15, 0.2) is 0 Å². The molecule has 0 atom stereocenters. The van der Waals surface area contributed by atoms with E-state index >= 15 is 0 Å². The molecule has 0 bridgehead atoms. The molecule has 0 saturated carbocycles. The Balaban J connectivity index is 1.90. The number of rotatable bonds is 4. The molecule has 2 N–H and O–H groups in total. The summed E-state index contributed by atoms with van der Waals surface area (Å²) in [6, 6.07) is 14.0. The van der Waals surface area contributed by atoms with E-state index in [1.807, 2.05) is 12.1 Å². The van der Waals surface area contributed by atoms with Gasteiger partial charge in [0, 0.05) is 13.1 Å². The van der Waals surface area contributed by atoms with Crippen LogP contribution in [-0.2, 0) is 13.1 Å². The molecule has 2 nitrogen and oxygen atoms in total. The normalized spacial score (nSPS) is 10.6. The number of halogens is 1. The summed E-state index contributed by atoms with van der Waals surface area (Å²) < 4.78 is 0.734. The van der Waals surface area contributed by atoms with Gasteiger partial charge in [-0.15, -0.1) is 0 Å². The van der Waals surface area contributed by atoms with Crippen molar-refractivity contribution in [3.63, 3.8) is 0 Å². The van der Waals surface area contributed by atoms with Gasteiger partial charge in [-0.1, -0.05) is 35.9 Å². The molecule has 2 aromatic carbocycles. The second-order valence-corrected chi connectivity index (χ2v) is 5.23. The number of aromatic hydroxyl groups is 1. The van der Waals surface area contributed by atoms with E-state index in [1.165, 1.54) is 11.1 Å². The second kappa shape index (κ2) is 6.03. The van der Waals surface area contributed by atoms with Crippen LogP contribution in [0.1, 0.15) is 16.7 Å². The number of phenols is 1. The molecule has 0 saturated heterocycles. The minimum Gasteiger partial charge on any atom is -0.507 e. The summed E-state index contributed by atoms with van der Waals surface area (Å²) in [4.78, 5) is 0. The number of phenolic OH excluding ortho intramolecular Hbond substituents is 1. The van der Waals surface area contributed by atoms with Crippen molar-refractivity contribution in [2.45, 2.75) is 20.0 Å². The van der Waals surface area contributed by atoms with E-state index in [-0.39, 0.29) is 5.75 Å². The van der Waals surface area contributed by atoms with Crippen LogP contribution in [0.4, 0.5) is 0 Å². The van der Waals surface area contributed by atoms with Crippen LogP contribution in [0.2, 0.25) is 0 Å². The molecule has 0 aromatic heterocycles. The van der Waals surface area contributed by atoms with Gasteiger partial charge < -0.3 is 10.4 Å². The van der Waals surface area contributed by atoms with Crippen molar-refractivity contribution < 1.29 is 5.11 Å².